The van der Waals surface area contributed by atoms with Crippen LogP contribution in [0.3, 0.4) is 0 Å². The average Bonchev–Trinajstić information content (AvgIpc) is 3.33. The molecule has 0 bridgehead atoms. The van der Waals surface area contributed by atoms with E-state index >= 15 is 0 Å². The lowest BCUT2D eigenvalue weighted by Crippen LogP contribution is -2.27. The van der Waals surface area contributed by atoms with Crippen LogP contribution >= 0.6 is 0 Å². The molecule has 0 aromatic carbocycles. The zero-order chi connectivity index (χ0) is 21.0. The predicted molar refractivity (Wildman–Crippen MR) is 101 cm³/mol. The number of amides is 1. The maximum absolute atomic E-state index is 13.5. The molecule has 1 aliphatic rings. The lowest BCUT2D eigenvalue weighted by molar-refractivity contribution is -0.142. The Morgan fingerprint density at radius 2 is 2.00 bits per heavy atom. The van der Waals surface area contributed by atoms with Crippen LogP contribution in [0, 0.1) is 0 Å². The molecule has 1 saturated carbocycles. The van der Waals surface area contributed by atoms with E-state index in [9.17, 15) is 18.0 Å². The van der Waals surface area contributed by atoms with E-state index in [0.717, 1.165) is 24.6 Å². The van der Waals surface area contributed by atoms with E-state index in [0.29, 0.717) is 15.9 Å². The van der Waals surface area contributed by atoms with Gasteiger partial charge in [0.1, 0.15) is 11.3 Å². The number of pyridine rings is 1. The Hall–Kier alpha value is -3.43. The number of carbonyl (C=O) groups excluding carboxylic acids is 1. The van der Waals surface area contributed by atoms with Crippen molar-refractivity contribution in [2.75, 3.05) is 7.05 Å². The lowest BCUT2D eigenvalue weighted by Gasteiger charge is -2.14. The van der Waals surface area contributed by atoms with Gasteiger partial charge in [0.05, 0.1) is 12.2 Å². The summed E-state index contributed by atoms with van der Waals surface area (Å²) in [7, 11) is 1.56. The molecule has 7 nitrogen and oxygen atoms in total. The summed E-state index contributed by atoms with van der Waals surface area (Å²) in [5, 5.41) is 3.92. The van der Waals surface area contributed by atoms with Crippen molar-refractivity contribution in [2.24, 2.45) is 0 Å². The van der Waals surface area contributed by atoms with E-state index in [4.69, 9.17) is 0 Å². The fourth-order valence-corrected chi connectivity index (χ4v) is 3.46. The van der Waals surface area contributed by atoms with Crippen LogP contribution in [0.25, 0.3) is 11.3 Å². The molecule has 1 fully saturated rings. The molecule has 10 heteroatoms. The summed E-state index contributed by atoms with van der Waals surface area (Å²) in [5.41, 5.74) is 0.810. The number of aromatic nitrogens is 5. The first kappa shape index (κ1) is 18.6. The van der Waals surface area contributed by atoms with E-state index < -0.39 is 17.8 Å². The summed E-state index contributed by atoms with van der Waals surface area (Å²) in [6, 6.07) is 7.91. The summed E-state index contributed by atoms with van der Waals surface area (Å²) in [4.78, 5) is 22.9. The maximum atomic E-state index is 13.5. The van der Waals surface area contributed by atoms with Gasteiger partial charge in [0.15, 0.2) is 11.3 Å². The van der Waals surface area contributed by atoms with E-state index in [2.05, 4.69) is 15.1 Å². The highest BCUT2D eigenvalue weighted by atomic mass is 19.4. The van der Waals surface area contributed by atoms with Gasteiger partial charge in [0, 0.05) is 37.1 Å². The fourth-order valence-electron chi connectivity index (χ4n) is 3.46. The van der Waals surface area contributed by atoms with Gasteiger partial charge in [-0.05, 0) is 31.0 Å². The molecule has 1 amide bonds. The normalized spacial score (nSPS) is 14.5. The smallest absolute Gasteiger partial charge is 0.334 e. The summed E-state index contributed by atoms with van der Waals surface area (Å²) < 4.78 is 43.2. The molecule has 4 heterocycles. The molecule has 0 unspecified atom stereocenters. The fraction of sp³-hybridized carbons (Fsp3) is 0.300. The minimum absolute atomic E-state index is 0.0243. The van der Waals surface area contributed by atoms with Crippen LogP contribution in [0.4, 0.5) is 13.2 Å². The van der Waals surface area contributed by atoms with Crippen LogP contribution in [0.5, 0.6) is 0 Å². The van der Waals surface area contributed by atoms with Gasteiger partial charge in [0.2, 0.25) is 0 Å². The molecule has 0 spiro atoms. The second-order valence-electron chi connectivity index (χ2n) is 7.50. The monoisotopic (exact) mass is 414 g/mol. The number of halogens is 3. The van der Waals surface area contributed by atoms with E-state index in [1.54, 1.807) is 13.2 Å². The average molecular weight is 414 g/mol. The van der Waals surface area contributed by atoms with Crippen molar-refractivity contribution in [1.82, 2.24) is 28.9 Å². The van der Waals surface area contributed by atoms with Crippen molar-refractivity contribution in [1.29, 1.82) is 0 Å². The Bertz CT molecular complexity index is 1240. The highest BCUT2D eigenvalue weighted by Gasteiger charge is 2.37. The minimum Gasteiger partial charge on any atom is -0.334 e. The van der Waals surface area contributed by atoms with Gasteiger partial charge in [-0.25, -0.2) is 14.5 Å². The quantitative estimate of drug-likeness (QED) is 0.512. The number of nitrogens with zero attached hydrogens (tertiary/aromatic N) is 6. The van der Waals surface area contributed by atoms with E-state index in [-0.39, 0.29) is 23.8 Å². The summed E-state index contributed by atoms with van der Waals surface area (Å²) in [6.45, 7) is 0.196. The van der Waals surface area contributed by atoms with Gasteiger partial charge in [-0.2, -0.15) is 18.3 Å². The maximum Gasteiger partial charge on any atom is 0.433 e. The molecule has 0 aliphatic heterocycles. The number of fused-ring (bicyclic) bond motifs is 2. The molecule has 30 heavy (non-hydrogen) atoms. The summed E-state index contributed by atoms with van der Waals surface area (Å²) in [5.74, 6) is -0.457. The Balaban J connectivity index is 1.46. The van der Waals surface area contributed by atoms with Crippen molar-refractivity contribution in [3.05, 3.63) is 65.5 Å². The van der Waals surface area contributed by atoms with Crippen molar-refractivity contribution in [2.45, 2.75) is 31.5 Å². The second-order valence-corrected chi connectivity index (χ2v) is 7.50. The zero-order valence-electron chi connectivity index (χ0n) is 16.0. The highest BCUT2D eigenvalue weighted by molar-refractivity contribution is 5.93. The van der Waals surface area contributed by atoms with Gasteiger partial charge in [-0.15, -0.1) is 0 Å². The number of carbonyl (C=O) groups is 1. The molecular formula is C20H17F3N6O. The zero-order valence-corrected chi connectivity index (χ0v) is 16.0. The number of hydrogen-bond acceptors (Lipinski definition) is 4. The molecule has 154 valence electrons. The molecule has 0 atom stereocenters. The third-order valence-corrected chi connectivity index (χ3v) is 5.11. The van der Waals surface area contributed by atoms with Crippen LogP contribution in [0.1, 0.15) is 46.3 Å². The minimum atomic E-state index is -4.60. The number of rotatable bonds is 4. The molecule has 1 aliphatic carbocycles. The molecular weight excluding hydrogens is 397 g/mol. The molecule has 4 aromatic heterocycles. The molecule has 4 aromatic rings. The van der Waals surface area contributed by atoms with Crippen LogP contribution < -0.4 is 0 Å². The standard InChI is InChI=1S/C20H17F3N6O/c1-27(10-13-11-28-7-3-2-4-17(28)24-13)19(30)15-9-18-25-14(12-5-6-12)8-16(20(21,22)23)29(18)26-15/h2-4,7-9,11-12H,5-6,10H2,1H3. The molecule has 0 saturated heterocycles. The van der Waals surface area contributed by atoms with Crippen LogP contribution in [-0.2, 0) is 12.7 Å². The third kappa shape index (κ3) is 3.27. The van der Waals surface area contributed by atoms with Crippen LogP contribution in [0.2, 0.25) is 0 Å². The highest BCUT2D eigenvalue weighted by Crippen LogP contribution is 2.41. The molecule has 5 rings (SSSR count). The van der Waals surface area contributed by atoms with Gasteiger partial charge in [0.25, 0.3) is 5.91 Å². The van der Waals surface area contributed by atoms with E-state index in [1.165, 1.54) is 11.0 Å². The van der Waals surface area contributed by atoms with Crippen LogP contribution in [-0.4, -0.2) is 41.8 Å². The Morgan fingerprint density at radius 3 is 2.70 bits per heavy atom. The first-order chi connectivity index (χ1) is 14.3. The van der Waals surface area contributed by atoms with Crippen molar-refractivity contribution in [3.63, 3.8) is 0 Å². The Kier molecular flexibility index (Phi) is 4.05. The number of imidazole rings is 1. The van der Waals surface area contributed by atoms with Crippen molar-refractivity contribution in [3.8, 4) is 0 Å². The van der Waals surface area contributed by atoms with Crippen LogP contribution in [0.15, 0.2) is 42.7 Å². The topological polar surface area (TPSA) is 67.8 Å². The van der Waals surface area contributed by atoms with Crippen molar-refractivity contribution >= 4 is 17.2 Å². The lowest BCUT2D eigenvalue weighted by atomic mass is 10.2. The molecule has 0 radical (unpaired) electrons. The van der Waals surface area contributed by atoms with Crippen molar-refractivity contribution < 1.29 is 18.0 Å². The summed E-state index contributed by atoms with van der Waals surface area (Å²) in [6.07, 6.45) is 0.690. The second kappa shape index (κ2) is 6.54. The molecule has 0 N–H and O–H groups in total. The van der Waals surface area contributed by atoms with E-state index in [1.807, 2.05) is 28.8 Å². The SMILES string of the molecule is CN(Cc1cn2ccccc2n1)C(=O)c1cc2nc(C3CC3)cc(C(F)(F)F)n2n1. The summed E-state index contributed by atoms with van der Waals surface area (Å²) >= 11 is 0. The first-order valence-corrected chi connectivity index (χ1v) is 9.45. The third-order valence-electron chi connectivity index (χ3n) is 5.11. The Morgan fingerprint density at radius 1 is 1.20 bits per heavy atom. The number of alkyl halides is 3. The predicted octanol–water partition coefficient (Wildman–Crippen LogP) is 3.55. The van der Waals surface area contributed by atoms with Gasteiger partial charge >= 0.3 is 6.18 Å². The number of hydrogen-bond donors (Lipinski definition) is 0. The largest absolute Gasteiger partial charge is 0.433 e. The van der Waals surface area contributed by atoms with Gasteiger partial charge in [-0.3, -0.25) is 4.79 Å². The first-order valence-electron chi connectivity index (χ1n) is 9.45. The van der Waals surface area contributed by atoms with Gasteiger partial charge in [-0.1, -0.05) is 6.07 Å². The van der Waals surface area contributed by atoms with Gasteiger partial charge < -0.3 is 9.30 Å². The Labute approximate surface area is 168 Å².